The van der Waals surface area contributed by atoms with Crippen LogP contribution in [-0.4, -0.2) is 10.7 Å². The summed E-state index contributed by atoms with van der Waals surface area (Å²) in [6.45, 7) is 6.61. The van der Waals surface area contributed by atoms with E-state index < -0.39 is 0 Å². The van der Waals surface area contributed by atoms with E-state index in [9.17, 15) is 0 Å². The number of rotatable bonds is 18. The topological polar surface area (TPSA) is 36.4 Å². The second-order valence-electron chi connectivity index (χ2n) is 11.9. The van der Waals surface area contributed by atoms with Gasteiger partial charge >= 0.3 is 118 Å². The third-order valence-corrected chi connectivity index (χ3v) is 10.0. The van der Waals surface area contributed by atoms with E-state index in [0.29, 0.717) is 0 Å². The molecule has 0 heterocycles. The van der Waals surface area contributed by atoms with Crippen LogP contribution in [0.4, 0.5) is 0 Å². The van der Waals surface area contributed by atoms with Crippen LogP contribution < -0.4 is 0 Å². The first-order valence-electron chi connectivity index (χ1n) is 17.6. The fraction of sp³-hybridized carbons (Fsp3) is 0.364. The molecule has 4 aromatic carbocycles. The molecule has 4 aromatic rings. The summed E-state index contributed by atoms with van der Waals surface area (Å²) in [7, 11) is 0. The first-order chi connectivity index (χ1) is 23.2. The number of allylic oxidation sites excluding steroid dienone is 2. The van der Waals surface area contributed by atoms with E-state index in [1.165, 1.54) is 87.3 Å². The molecule has 0 aliphatic rings. The SMILES string of the molecule is CCCCCCc1cccc(C(=CC(=C=[N+]=[N-])CCCC)c2cccc(CC)c2)c1.c1ccc(C[CH2][Pd][CH2]Cc2ccccc2)cc1. The molecule has 47 heavy (non-hydrogen) atoms. The van der Waals surface area contributed by atoms with Gasteiger partial charge in [0.1, 0.15) is 0 Å². The van der Waals surface area contributed by atoms with Gasteiger partial charge in [-0.3, -0.25) is 0 Å². The van der Waals surface area contributed by atoms with E-state index in [2.05, 4.69) is 147 Å². The minimum absolute atomic E-state index is 0.855. The molecule has 0 saturated carbocycles. The quantitative estimate of drug-likeness (QED) is 0.0245. The third-order valence-electron chi connectivity index (χ3n) is 8.16. The second-order valence-corrected chi connectivity index (χ2v) is 14.2. The van der Waals surface area contributed by atoms with E-state index in [1.807, 2.05) is 0 Å². The maximum atomic E-state index is 9.12. The summed E-state index contributed by atoms with van der Waals surface area (Å²) < 4.78 is 0. The molecule has 0 aliphatic heterocycles. The zero-order valence-corrected chi connectivity index (χ0v) is 30.4. The van der Waals surface area contributed by atoms with E-state index >= 15 is 0 Å². The Morgan fingerprint density at radius 2 is 1.17 bits per heavy atom. The van der Waals surface area contributed by atoms with Crippen molar-refractivity contribution in [2.75, 3.05) is 0 Å². The number of aryl methyl sites for hydroxylation is 4. The van der Waals surface area contributed by atoms with Gasteiger partial charge in [-0.15, -0.1) is 4.79 Å². The van der Waals surface area contributed by atoms with Crippen LogP contribution >= 0.6 is 0 Å². The molecule has 0 aromatic heterocycles. The summed E-state index contributed by atoms with van der Waals surface area (Å²) in [5.41, 5.74) is 19.3. The number of unbranched alkanes of at least 4 members (excludes halogenated alkanes) is 4. The minimum atomic E-state index is 0.855. The van der Waals surface area contributed by atoms with Crippen molar-refractivity contribution in [3.8, 4) is 0 Å². The average molecular weight is 717 g/mol. The molecule has 4 rings (SSSR count). The fourth-order valence-electron chi connectivity index (χ4n) is 5.37. The Bertz CT molecular complexity index is 1500. The van der Waals surface area contributed by atoms with E-state index in [0.717, 1.165) is 55.7 Å². The summed E-state index contributed by atoms with van der Waals surface area (Å²) in [5, 5.41) is 0. The summed E-state index contributed by atoms with van der Waals surface area (Å²) >= 11 is 0.891. The van der Waals surface area contributed by atoms with Gasteiger partial charge in [-0.05, 0) is 66.0 Å². The molecule has 0 fully saturated rings. The normalized spacial score (nSPS) is 10.9. The van der Waals surface area contributed by atoms with Crippen molar-refractivity contribution < 1.29 is 22.8 Å². The Morgan fingerprint density at radius 3 is 1.72 bits per heavy atom. The molecule has 0 N–H and O–H groups in total. The Labute approximate surface area is 293 Å². The summed E-state index contributed by atoms with van der Waals surface area (Å²) in [5.74, 6) is 2.80. The van der Waals surface area contributed by atoms with Crippen molar-refractivity contribution in [1.82, 2.24) is 0 Å². The van der Waals surface area contributed by atoms with Gasteiger partial charge in [0.25, 0.3) is 0 Å². The Kier molecular flexibility index (Phi) is 19.1. The van der Waals surface area contributed by atoms with Crippen molar-refractivity contribution in [1.29, 1.82) is 0 Å². The Hall–Kier alpha value is -3.56. The van der Waals surface area contributed by atoms with Crippen LogP contribution in [0.5, 0.6) is 0 Å². The van der Waals surface area contributed by atoms with Crippen molar-refractivity contribution >= 4 is 11.4 Å². The number of hydrogen-bond acceptors (Lipinski definition) is 0. The average Bonchev–Trinajstić information content (AvgIpc) is 3.12. The summed E-state index contributed by atoms with van der Waals surface area (Å²) in [6.07, 6.45) is 14.9. The molecule has 0 saturated heterocycles. The van der Waals surface area contributed by atoms with Crippen molar-refractivity contribution in [3.05, 3.63) is 160 Å². The van der Waals surface area contributed by atoms with Gasteiger partial charge in [0.05, 0.1) is 5.57 Å². The summed E-state index contributed by atoms with van der Waals surface area (Å²) in [6, 6.07) is 39.3. The van der Waals surface area contributed by atoms with Crippen LogP contribution in [0.15, 0.2) is 121 Å². The first-order valence-corrected chi connectivity index (χ1v) is 19.7. The van der Waals surface area contributed by atoms with Crippen molar-refractivity contribution in [3.63, 3.8) is 0 Å². The van der Waals surface area contributed by atoms with Crippen LogP contribution in [0.25, 0.3) is 11.1 Å². The molecule has 0 bridgehead atoms. The maximum absolute atomic E-state index is 9.12. The molecular formula is C44H54N2Pd. The molecule has 0 amide bonds. The molecule has 250 valence electrons. The molecule has 3 heteroatoms. The van der Waals surface area contributed by atoms with Crippen LogP contribution in [0.2, 0.25) is 9.79 Å². The van der Waals surface area contributed by atoms with Gasteiger partial charge < -0.3 is 5.53 Å². The zero-order chi connectivity index (χ0) is 33.4. The molecular weight excluding hydrogens is 663 g/mol. The standard InChI is InChI=1S/C28H36N2.2C8H9.Pd/c1-4-7-9-10-14-24-16-12-18-27(20-24)28(21-25(22-30-29)13-8-5-2)26-17-11-15-23(6-3)19-26;2*1-2-8-6-4-3-5-7-8;/h11-12,15-21H,4-10,13-14H2,1-3H3;2*3-7H,1-2H2;. The molecule has 0 unspecified atom stereocenters. The van der Waals surface area contributed by atoms with Crippen LogP contribution in [-0.2, 0) is 43.7 Å². The summed E-state index contributed by atoms with van der Waals surface area (Å²) in [4.78, 5) is 5.91. The number of hydrogen-bond donors (Lipinski definition) is 0. The van der Waals surface area contributed by atoms with Crippen LogP contribution in [0.1, 0.15) is 99.1 Å². The van der Waals surface area contributed by atoms with Crippen LogP contribution in [0, 0.1) is 0 Å². The van der Waals surface area contributed by atoms with Gasteiger partial charge in [-0.2, -0.15) is 0 Å². The first kappa shape index (κ1) is 37.9. The van der Waals surface area contributed by atoms with E-state index in [-0.39, 0.29) is 0 Å². The van der Waals surface area contributed by atoms with Gasteiger partial charge in [-0.1, -0.05) is 95.0 Å². The van der Waals surface area contributed by atoms with Crippen molar-refractivity contribution in [2.24, 2.45) is 0 Å². The molecule has 0 radical (unpaired) electrons. The van der Waals surface area contributed by atoms with Gasteiger partial charge in [0.2, 0.25) is 0 Å². The van der Waals surface area contributed by atoms with Crippen LogP contribution in [0.3, 0.4) is 0 Å². The predicted molar refractivity (Wildman–Crippen MR) is 199 cm³/mol. The van der Waals surface area contributed by atoms with E-state index in [4.69, 9.17) is 5.53 Å². The third kappa shape index (κ3) is 15.3. The zero-order valence-electron chi connectivity index (χ0n) is 28.9. The monoisotopic (exact) mass is 716 g/mol. The van der Waals surface area contributed by atoms with Gasteiger partial charge in [0, 0.05) is 0 Å². The second kappa shape index (κ2) is 23.7. The molecule has 0 aliphatic carbocycles. The van der Waals surface area contributed by atoms with Gasteiger partial charge in [-0.25, -0.2) is 0 Å². The molecule has 0 spiro atoms. The molecule has 2 nitrogen and oxygen atoms in total. The Morgan fingerprint density at radius 1 is 0.617 bits per heavy atom. The van der Waals surface area contributed by atoms with Crippen molar-refractivity contribution in [2.45, 2.75) is 101 Å². The Balaban J connectivity index is 0.000000297. The predicted octanol–water partition coefficient (Wildman–Crippen LogP) is 12.2. The molecule has 0 atom stereocenters. The number of nitrogens with zero attached hydrogens (tertiary/aromatic N) is 2. The number of benzene rings is 4. The van der Waals surface area contributed by atoms with E-state index in [1.54, 1.807) is 0 Å². The van der Waals surface area contributed by atoms with Gasteiger partial charge in [0.15, 0.2) is 0 Å². The fourth-order valence-corrected chi connectivity index (χ4v) is 7.21.